The summed E-state index contributed by atoms with van der Waals surface area (Å²) >= 11 is 0. The second kappa shape index (κ2) is 8.93. The Kier molecular flexibility index (Phi) is 7.87. The van der Waals surface area contributed by atoms with Crippen molar-refractivity contribution in [1.29, 1.82) is 0 Å². The lowest BCUT2D eigenvalue weighted by atomic mass is 10.2. The molecule has 5 nitrogen and oxygen atoms in total. The summed E-state index contributed by atoms with van der Waals surface area (Å²) < 4.78 is 11.0. The predicted octanol–water partition coefficient (Wildman–Crippen LogP) is 0.739. The maximum atomic E-state index is 5.54. The number of nitrogens with zero attached hydrogens (tertiary/aromatic N) is 1. The average Bonchev–Trinajstić information content (AvgIpc) is 2.83. The van der Waals surface area contributed by atoms with Gasteiger partial charge in [-0.05, 0) is 19.3 Å². The van der Waals surface area contributed by atoms with E-state index in [-0.39, 0.29) is 24.0 Å². The zero-order valence-corrected chi connectivity index (χ0v) is 12.4. The molecule has 17 heavy (non-hydrogen) atoms. The minimum absolute atomic E-state index is 0. The molecule has 100 valence electrons. The third-order valence-electron chi connectivity index (χ3n) is 2.76. The minimum atomic E-state index is 0. The number of ether oxygens (including phenoxy) is 2. The van der Waals surface area contributed by atoms with E-state index in [0.717, 1.165) is 51.6 Å². The third kappa shape index (κ3) is 5.87. The van der Waals surface area contributed by atoms with E-state index in [2.05, 4.69) is 15.6 Å². The zero-order chi connectivity index (χ0) is 11.1. The smallest absolute Gasteiger partial charge is 0.191 e. The summed E-state index contributed by atoms with van der Waals surface area (Å²) in [4.78, 5) is 4.32. The first-order valence-corrected chi connectivity index (χ1v) is 6.17. The van der Waals surface area contributed by atoms with Crippen LogP contribution >= 0.6 is 24.0 Å². The monoisotopic (exact) mass is 355 g/mol. The maximum Gasteiger partial charge on any atom is 0.191 e. The molecule has 6 heteroatoms. The predicted molar refractivity (Wildman–Crippen MR) is 78.1 cm³/mol. The zero-order valence-electron chi connectivity index (χ0n) is 10.1. The van der Waals surface area contributed by atoms with E-state index in [0.29, 0.717) is 12.7 Å². The highest BCUT2D eigenvalue weighted by atomic mass is 127. The third-order valence-corrected chi connectivity index (χ3v) is 2.76. The van der Waals surface area contributed by atoms with Crippen molar-refractivity contribution >= 4 is 29.9 Å². The van der Waals surface area contributed by atoms with E-state index in [9.17, 15) is 0 Å². The highest BCUT2D eigenvalue weighted by Gasteiger charge is 2.14. The van der Waals surface area contributed by atoms with Crippen LogP contribution in [0.3, 0.4) is 0 Å². The summed E-state index contributed by atoms with van der Waals surface area (Å²) in [6, 6.07) is 0. The van der Waals surface area contributed by atoms with Gasteiger partial charge in [-0.25, -0.2) is 0 Å². The topological polar surface area (TPSA) is 54.9 Å². The van der Waals surface area contributed by atoms with Gasteiger partial charge < -0.3 is 20.1 Å². The van der Waals surface area contributed by atoms with Gasteiger partial charge in [0.25, 0.3) is 0 Å². The fraction of sp³-hybridized carbons (Fsp3) is 0.909. The molecule has 0 aliphatic carbocycles. The van der Waals surface area contributed by atoms with Crippen LogP contribution in [0.15, 0.2) is 4.99 Å². The molecule has 0 radical (unpaired) electrons. The fourth-order valence-corrected chi connectivity index (χ4v) is 1.88. The summed E-state index contributed by atoms with van der Waals surface area (Å²) in [5, 5.41) is 6.43. The SMILES string of the molecule is C1CN=C(NCCOCC2CCCO2)NC1.I. The van der Waals surface area contributed by atoms with Gasteiger partial charge in [0, 0.05) is 26.2 Å². The van der Waals surface area contributed by atoms with Crippen LogP contribution in [0.2, 0.25) is 0 Å². The molecule has 0 aromatic rings. The van der Waals surface area contributed by atoms with Gasteiger partial charge in [0.1, 0.15) is 0 Å². The molecule has 1 saturated heterocycles. The molecule has 0 aromatic heterocycles. The van der Waals surface area contributed by atoms with Crippen molar-refractivity contribution in [2.75, 3.05) is 39.5 Å². The van der Waals surface area contributed by atoms with Gasteiger partial charge in [0.05, 0.1) is 19.3 Å². The molecule has 2 N–H and O–H groups in total. The Morgan fingerprint density at radius 2 is 2.41 bits per heavy atom. The molecule has 0 bridgehead atoms. The van der Waals surface area contributed by atoms with Gasteiger partial charge in [-0.15, -0.1) is 24.0 Å². The van der Waals surface area contributed by atoms with Crippen LogP contribution in [0.5, 0.6) is 0 Å². The first-order chi connectivity index (χ1) is 7.95. The van der Waals surface area contributed by atoms with Crippen LogP contribution in [-0.4, -0.2) is 51.5 Å². The van der Waals surface area contributed by atoms with E-state index in [1.54, 1.807) is 0 Å². The van der Waals surface area contributed by atoms with E-state index in [1.165, 1.54) is 6.42 Å². The molecular weight excluding hydrogens is 333 g/mol. The average molecular weight is 355 g/mol. The molecule has 2 aliphatic rings. The number of nitrogens with one attached hydrogen (secondary N) is 2. The Morgan fingerprint density at radius 1 is 1.47 bits per heavy atom. The number of hydrogen-bond acceptors (Lipinski definition) is 5. The molecule has 2 rings (SSSR count). The number of aliphatic imine (C=N–C) groups is 1. The van der Waals surface area contributed by atoms with Crippen molar-refractivity contribution < 1.29 is 9.47 Å². The van der Waals surface area contributed by atoms with Crippen LogP contribution in [-0.2, 0) is 9.47 Å². The van der Waals surface area contributed by atoms with Gasteiger partial charge in [-0.2, -0.15) is 0 Å². The summed E-state index contributed by atoms with van der Waals surface area (Å²) in [5.74, 6) is 0.909. The van der Waals surface area contributed by atoms with E-state index in [1.807, 2.05) is 0 Å². The van der Waals surface area contributed by atoms with Gasteiger partial charge >= 0.3 is 0 Å². The number of guanidine groups is 1. The fourth-order valence-electron chi connectivity index (χ4n) is 1.88. The molecule has 0 saturated carbocycles. The standard InChI is InChI=1S/C11H21N3O2.HI/c1-3-10(16-7-1)9-15-8-6-14-11-12-4-2-5-13-11;/h10H,1-9H2,(H2,12,13,14);1H. The van der Waals surface area contributed by atoms with Crippen LogP contribution in [0.25, 0.3) is 0 Å². The lowest BCUT2D eigenvalue weighted by molar-refractivity contribution is 0.0191. The summed E-state index contributed by atoms with van der Waals surface area (Å²) in [6.45, 7) is 5.07. The second-order valence-electron chi connectivity index (χ2n) is 4.15. The normalized spacial score (nSPS) is 23.5. The molecule has 0 aromatic carbocycles. The van der Waals surface area contributed by atoms with Crippen molar-refractivity contribution in [2.45, 2.75) is 25.4 Å². The molecule has 1 atom stereocenters. The van der Waals surface area contributed by atoms with Crippen LogP contribution < -0.4 is 10.6 Å². The number of rotatable bonds is 5. The summed E-state index contributed by atoms with van der Waals surface area (Å²) in [6.07, 6.45) is 3.76. The van der Waals surface area contributed by atoms with E-state index >= 15 is 0 Å². The minimum Gasteiger partial charge on any atom is -0.377 e. The number of hydrogen-bond donors (Lipinski definition) is 2. The van der Waals surface area contributed by atoms with Crippen LogP contribution in [0.4, 0.5) is 0 Å². The largest absolute Gasteiger partial charge is 0.377 e. The molecular formula is C11H22IN3O2. The van der Waals surface area contributed by atoms with Gasteiger partial charge in [-0.3, -0.25) is 4.99 Å². The van der Waals surface area contributed by atoms with Gasteiger partial charge in [0.15, 0.2) is 5.96 Å². The lowest BCUT2D eigenvalue weighted by Crippen LogP contribution is -2.42. The van der Waals surface area contributed by atoms with Crippen LogP contribution in [0.1, 0.15) is 19.3 Å². The van der Waals surface area contributed by atoms with Crippen LogP contribution in [0, 0.1) is 0 Å². The van der Waals surface area contributed by atoms with Crippen molar-refractivity contribution in [3.05, 3.63) is 0 Å². The Bertz CT molecular complexity index is 233. The van der Waals surface area contributed by atoms with Crippen molar-refractivity contribution in [3.63, 3.8) is 0 Å². The molecule has 0 amide bonds. The van der Waals surface area contributed by atoms with Crippen molar-refractivity contribution in [3.8, 4) is 0 Å². The molecule has 0 spiro atoms. The molecule has 2 aliphatic heterocycles. The van der Waals surface area contributed by atoms with E-state index < -0.39 is 0 Å². The van der Waals surface area contributed by atoms with E-state index in [4.69, 9.17) is 9.47 Å². The Morgan fingerprint density at radius 3 is 3.12 bits per heavy atom. The van der Waals surface area contributed by atoms with Crippen molar-refractivity contribution in [1.82, 2.24) is 10.6 Å². The molecule has 2 heterocycles. The molecule has 1 unspecified atom stereocenters. The number of halogens is 1. The highest BCUT2D eigenvalue weighted by Crippen LogP contribution is 2.11. The quantitative estimate of drug-likeness (QED) is 0.564. The highest BCUT2D eigenvalue weighted by molar-refractivity contribution is 14.0. The Hall–Kier alpha value is -0.0800. The Labute approximate surface area is 120 Å². The first-order valence-electron chi connectivity index (χ1n) is 6.17. The van der Waals surface area contributed by atoms with Crippen molar-refractivity contribution in [2.24, 2.45) is 4.99 Å². The lowest BCUT2D eigenvalue weighted by Gasteiger charge is -2.16. The summed E-state index contributed by atoms with van der Waals surface area (Å²) in [5.41, 5.74) is 0. The van der Waals surface area contributed by atoms with Gasteiger partial charge in [-0.1, -0.05) is 0 Å². The molecule has 1 fully saturated rings. The Balaban J connectivity index is 0.00000144. The second-order valence-corrected chi connectivity index (χ2v) is 4.15. The first kappa shape index (κ1) is 15.0. The van der Waals surface area contributed by atoms with Gasteiger partial charge in [0.2, 0.25) is 0 Å². The summed E-state index contributed by atoms with van der Waals surface area (Å²) in [7, 11) is 0. The maximum absolute atomic E-state index is 5.54.